The molecule has 35 heavy (non-hydrogen) atoms. The third kappa shape index (κ3) is 8.39. The molecule has 0 aromatic heterocycles. The molecule has 0 saturated heterocycles. The summed E-state index contributed by atoms with van der Waals surface area (Å²) in [6.45, 7) is 5.21. The molecule has 1 aliphatic carbocycles. The Bertz CT molecular complexity index is 1020. The smallest absolute Gasteiger partial charge is 0.321 e. The summed E-state index contributed by atoms with van der Waals surface area (Å²) in [6.07, 6.45) is 5.03. The summed E-state index contributed by atoms with van der Waals surface area (Å²) >= 11 is 0. The highest BCUT2D eigenvalue weighted by Crippen LogP contribution is 2.31. The zero-order chi connectivity index (χ0) is 25.3. The average Bonchev–Trinajstić information content (AvgIpc) is 3.34. The first-order chi connectivity index (χ1) is 16.7. The van der Waals surface area contributed by atoms with Gasteiger partial charge in [0, 0.05) is 0 Å². The van der Waals surface area contributed by atoms with E-state index in [0.29, 0.717) is 0 Å². The second kappa shape index (κ2) is 12.3. The Hall–Kier alpha value is -3.41. The molecule has 2 aromatic rings. The van der Waals surface area contributed by atoms with E-state index in [2.05, 4.69) is 6.08 Å². The van der Waals surface area contributed by atoms with Gasteiger partial charge < -0.3 is 14.2 Å². The number of hydrogen-bond donors (Lipinski definition) is 0. The maximum absolute atomic E-state index is 13.3. The van der Waals surface area contributed by atoms with Crippen LogP contribution in [-0.2, 0) is 41.8 Å². The molecule has 1 unspecified atom stereocenters. The first kappa shape index (κ1) is 26.2. The van der Waals surface area contributed by atoms with Crippen molar-refractivity contribution in [1.82, 2.24) is 0 Å². The number of esters is 3. The molecule has 2 aromatic carbocycles. The van der Waals surface area contributed by atoms with E-state index >= 15 is 0 Å². The third-order valence-corrected chi connectivity index (χ3v) is 5.68. The van der Waals surface area contributed by atoms with E-state index in [1.807, 2.05) is 60.7 Å². The molecule has 0 spiro atoms. The minimum Gasteiger partial charge on any atom is -0.461 e. The van der Waals surface area contributed by atoms with Gasteiger partial charge in [-0.05, 0) is 57.6 Å². The maximum Gasteiger partial charge on any atom is 0.321 e. The second-order valence-electron chi connectivity index (χ2n) is 9.76. The molecular formula is C29H34O6. The van der Waals surface area contributed by atoms with Crippen molar-refractivity contribution in [2.24, 2.45) is 11.8 Å². The van der Waals surface area contributed by atoms with Crippen molar-refractivity contribution in [3.8, 4) is 0 Å². The molecule has 6 heteroatoms. The van der Waals surface area contributed by atoms with Crippen LogP contribution in [0.2, 0.25) is 0 Å². The van der Waals surface area contributed by atoms with Crippen molar-refractivity contribution in [3.05, 3.63) is 83.4 Å². The quantitative estimate of drug-likeness (QED) is 0.193. The van der Waals surface area contributed by atoms with E-state index < -0.39 is 35.3 Å². The Kier molecular flexibility index (Phi) is 9.24. The molecule has 2 atom stereocenters. The van der Waals surface area contributed by atoms with Gasteiger partial charge in [-0.15, -0.1) is 0 Å². The standard InChI is InChI=1S/C29H34O6/c1-29(2,3)35-28(32)25(27(31)34-20-23-16-8-5-9-17-23)24(18-21-12-10-11-13-21)26(30)33-19-22-14-6-4-7-15-22/h4-9,12,14-17,24-25H,10-11,13,18-20H2,1-3H3/t24-,25?/m1/s1. The number of carbonyl (C=O) groups excluding carboxylic acids is 3. The molecular weight excluding hydrogens is 444 g/mol. The molecule has 0 heterocycles. The van der Waals surface area contributed by atoms with Crippen molar-refractivity contribution in [2.45, 2.75) is 65.3 Å². The Labute approximate surface area is 207 Å². The van der Waals surface area contributed by atoms with Crippen molar-refractivity contribution >= 4 is 17.9 Å². The van der Waals surface area contributed by atoms with Gasteiger partial charge >= 0.3 is 17.9 Å². The molecule has 3 rings (SSSR count). The molecule has 6 nitrogen and oxygen atoms in total. The molecule has 1 aliphatic rings. The molecule has 0 saturated carbocycles. The van der Waals surface area contributed by atoms with Crippen LogP contribution in [0.4, 0.5) is 0 Å². The third-order valence-electron chi connectivity index (χ3n) is 5.68. The van der Waals surface area contributed by atoms with E-state index in [0.717, 1.165) is 36.0 Å². The van der Waals surface area contributed by atoms with Crippen LogP contribution in [0, 0.1) is 11.8 Å². The fraction of sp³-hybridized carbons (Fsp3) is 0.414. The normalized spacial score (nSPS) is 15.0. The zero-order valence-electron chi connectivity index (χ0n) is 20.7. The number of hydrogen-bond acceptors (Lipinski definition) is 6. The van der Waals surface area contributed by atoms with Crippen LogP contribution < -0.4 is 0 Å². The predicted molar refractivity (Wildman–Crippen MR) is 132 cm³/mol. The summed E-state index contributed by atoms with van der Waals surface area (Å²) in [7, 11) is 0. The molecule has 0 fully saturated rings. The molecule has 0 radical (unpaired) electrons. The highest BCUT2D eigenvalue weighted by Gasteiger charge is 2.44. The number of benzene rings is 2. The lowest BCUT2D eigenvalue weighted by atomic mass is 9.86. The lowest BCUT2D eigenvalue weighted by Gasteiger charge is -2.27. The fourth-order valence-electron chi connectivity index (χ4n) is 3.99. The summed E-state index contributed by atoms with van der Waals surface area (Å²) in [5, 5.41) is 0. The maximum atomic E-state index is 13.3. The van der Waals surface area contributed by atoms with Crippen LogP contribution in [-0.4, -0.2) is 23.5 Å². The van der Waals surface area contributed by atoms with Gasteiger partial charge in [0.05, 0.1) is 5.92 Å². The molecule has 186 valence electrons. The van der Waals surface area contributed by atoms with E-state index in [9.17, 15) is 14.4 Å². The summed E-state index contributed by atoms with van der Waals surface area (Å²) in [5.41, 5.74) is 1.81. The second-order valence-corrected chi connectivity index (χ2v) is 9.76. The summed E-state index contributed by atoms with van der Waals surface area (Å²) in [5.74, 6) is -4.66. The Morgan fingerprint density at radius 1 is 0.800 bits per heavy atom. The molecule has 0 N–H and O–H groups in total. The molecule has 0 aliphatic heterocycles. The summed E-state index contributed by atoms with van der Waals surface area (Å²) < 4.78 is 16.7. The van der Waals surface area contributed by atoms with Gasteiger partial charge in [-0.2, -0.15) is 0 Å². The Morgan fingerprint density at radius 3 is 1.83 bits per heavy atom. The van der Waals surface area contributed by atoms with Crippen molar-refractivity contribution < 1.29 is 28.6 Å². The average molecular weight is 479 g/mol. The molecule has 0 bridgehead atoms. The lowest BCUT2D eigenvalue weighted by Crippen LogP contribution is -2.41. The van der Waals surface area contributed by atoms with Gasteiger partial charge in [0.15, 0.2) is 5.92 Å². The minimum atomic E-state index is -1.43. The van der Waals surface area contributed by atoms with Crippen LogP contribution in [0.15, 0.2) is 72.3 Å². The van der Waals surface area contributed by atoms with E-state index in [1.165, 1.54) is 0 Å². The molecule has 0 amide bonds. The van der Waals surface area contributed by atoms with E-state index in [1.54, 1.807) is 20.8 Å². The van der Waals surface area contributed by atoms with Crippen molar-refractivity contribution in [1.29, 1.82) is 0 Å². The first-order valence-electron chi connectivity index (χ1n) is 12.0. The Balaban J connectivity index is 1.84. The lowest BCUT2D eigenvalue weighted by molar-refractivity contribution is -0.178. The van der Waals surface area contributed by atoms with Crippen molar-refractivity contribution in [3.63, 3.8) is 0 Å². The van der Waals surface area contributed by atoms with E-state index in [-0.39, 0.29) is 19.6 Å². The van der Waals surface area contributed by atoms with Crippen molar-refractivity contribution in [2.75, 3.05) is 0 Å². The van der Waals surface area contributed by atoms with Gasteiger partial charge in [0.1, 0.15) is 18.8 Å². The highest BCUT2D eigenvalue weighted by atomic mass is 16.6. The summed E-state index contributed by atoms with van der Waals surface area (Å²) in [6, 6.07) is 18.5. The highest BCUT2D eigenvalue weighted by molar-refractivity contribution is 5.99. The van der Waals surface area contributed by atoms with Crippen LogP contribution in [0.3, 0.4) is 0 Å². The number of ether oxygens (including phenoxy) is 3. The topological polar surface area (TPSA) is 78.9 Å². The largest absolute Gasteiger partial charge is 0.461 e. The zero-order valence-corrected chi connectivity index (χ0v) is 20.7. The minimum absolute atomic E-state index is 0.00650. The van der Waals surface area contributed by atoms with Gasteiger partial charge in [0.2, 0.25) is 0 Å². The van der Waals surface area contributed by atoms with Crippen LogP contribution in [0.5, 0.6) is 0 Å². The fourth-order valence-corrected chi connectivity index (χ4v) is 3.99. The summed E-state index contributed by atoms with van der Waals surface area (Å²) in [4.78, 5) is 39.9. The predicted octanol–water partition coefficient (Wildman–Crippen LogP) is 5.55. The van der Waals surface area contributed by atoms with Crippen LogP contribution in [0.25, 0.3) is 0 Å². The number of carbonyl (C=O) groups is 3. The van der Waals surface area contributed by atoms with Gasteiger partial charge in [-0.1, -0.05) is 72.3 Å². The van der Waals surface area contributed by atoms with E-state index in [4.69, 9.17) is 14.2 Å². The van der Waals surface area contributed by atoms with Gasteiger partial charge in [-0.3, -0.25) is 14.4 Å². The van der Waals surface area contributed by atoms with Gasteiger partial charge in [0.25, 0.3) is 0 Å². The SMILES string of the molecule is CC(C)(C)OC(=O)C(C(=O)OCc1ccccc1)[C@@H](CC1=CCCC1)C(=O)OCc1ccccc1. The van der Waals surface area contributed by atoms with Crippen LogP contribution in [0.1, 0.15) is 57.6 Å². The van der Waals surface area contributed by atoms with Gasteiger partial charge in [-0.25, -0.2) is 0 Å². The monoisotopic (exact) mass is 478 g/mol. The number of rotatable bonds is 10. The first-order valence-corrected chi connectivity index (χ1v) is 12.0. The van der Waals surface area contributed by atoms with Crippen LogP contribution >= 0.6 is 0 Å². The Morgan fingerprint density at radius 2 is 1.34 bits per heavy atom. The number of allylic oxidation sites excluding steroid dienone is 2.